The monoisotopic (exact) mass is 780 g/mol. The average molecular weight is 781 g/mol. The summed E-state index contributed by atoms with van der Waals surface area (Å²) in [5.74, 6) is -3.82. The van der Waals surface area contributed by atoms with Gasteiger partial charge in [0.15, 0.2) is 11.5 Å². The number of hydrogen-bond acceptors (Lipinski definition) is 6. The molecule has 2 atom stereocenters. The second-order valence-corrected chi connectivity index (χ2v) is 15.5. The van der Waals surface area contributed by atoms with Gasteiger partial charge in [0, 0.05) is 49.4 Å². The highest BCUT2D eigenvalue weighted by molar-refractivity contribution is 5.94. The van der Waals surface area contributed by atoms with Crippen LogP contribution in [-0.4, -0.2) is 52.2 Å². The van der Waals surface area contributed by atoms with Crippen molar-refractivity contribution in [3.8, 4) is 33.6 Å². The largest absolute Gasteiger partial charge is 0.481 e. The number of halogens is 2. The van der Waals surface area contributed by atoms with Gasteiger partial charge in [-0.3, -0.25) is 14.5 Å². The molecule has 296 valence electrons. The van der Waals surface area contributed by atoms with Crippen molar-refractivity contribution < 1.29 is 28.0 Å². The fourth-order valence-electron chi connectivity index (χ4n) is 8.85. The summed E-state index contributed by atoms with van der Waals surface area (Å²) >= 11 is 0. The number of likely N-dealkylation sites (tertiary alicyclic amines) is 1. The predicted molar refractivity (Wildman–Crippen MR) is 221 cm³/mol. The number of carboxylic acid groups (broad SMARTS) is 1. The summed E-state index contributed by atoms with van der Waals surface area (Å²) in [4.78, 5) is 26.6. The Morgan fingerprint density at radius 3 is 2.28 bits per heavy atom. The van der Waals surface area contributed by atoms with E-state index in [4.69, 9.17) is 10.3 Å². The van der Waals surface area contributed by atoms with Gasteiger partial charge in [0.1, 0.15) is 11.6 Å². The maximum Gasteiger partial charge on any atom is 0.309 e. The van der Waals surface area contributed by atoms with Crippen LogP contribution in [0.15, 0.2) is 120 Å². The molecule has 9 rings (SSSR count). The van der Waals surface area contributed by atoms with Gasteiger partial charge in [-0.25, -0.2) is 8.78 Å². The molecule has 4 N–H and O–H groups in total. The van der Waals surface area contributed by atoms with Gasteiger partial charge >= 0.3 is 5.97 Å². The van der Waals surface area contributed by atoms with E-state index in [-0.39, 0.29) is 17.0 Å². The summed E-state index contributed by atoms with van der Waals surface area (Å²) in [5, 5.41) is 16.1. The maximum atomic E-state index is 13.9. The van der Waals surface area contributed by atoms with Crippen LogP contribution in [-0.2, 0) is 24.1 Å². The zero-order chi connectivity index (χ0) is 40.2. The lowest BCUT2D eigenvalue weighted by atomic mass is 9.89. The number of nitrogens with two attached hydrogens (primary N) is 1. The van der Waals surface area contributed by atoms with Gasteiger partial charge in [-0.05, 0) is 94.8 Å². The first-order valence-electron chi connectivity index (χ1n) is 20.0. The second-order valence-electron chi connectivity index (χ2n) is 15.5. The third kappa shape index (κ3) is 8.29. The van der Waals surface area contributed by atoms with Gasteiger partial charge in [0.2, 0.25) is 0 Å². The van der Waals surface area contributed by atoms with Gasteiger partial charge in [-0.15, -0.1) is 0 Å². The molecule has 1 saturated carbocycles. The van der Waals surface area contributed by atoms with Crippen LogP contribution in [0.4, 0.5) is 14.5 Å². The Kier molecular flexibility index (Phi) is 11.5. The molecule has 2 fully saturated rings. The lowest BCUT2D eigenvalue weighted by molar-refractivity contribution is -0.145. The smallest absolute Gasteiger partial charge is 0.309 e. The highest BCUT2D eigenvalue weighted by atomic mass is 19.1. The fourth-order valence-corrected chi connectivity index (χ4v) is 8.85. The molecule has 1 amide bonds. The topological polar surface area (TPSA) is 122 Å². The summed E-state index contributed by atoms with van der Waals surface area (Å²) in [6, 6.07) is 36.5. The minimum atomic E-state index is -0.947. The van der Waals surface area contributed by atoms with Gasteiger partial charge in [-0.2, -0.15) is 0 Å². The van der Waals surface area contributed by atoms with Crippen LogP contribution in [0, 0.1) is 17.6 Å². The van der Waals surface area contributed by atoms with Crippen LogP contribution in [0.5, 0.6) is 0 Å². The predicted octanol–water partition coefficient (Wildman–Crippen LogP) is 9.36. The standard InChI is InChI=1S/C27H23N.C21H23F2N3O4/c28-27-23(16-15-19-9-3-1-4-10-19)24(20-11-5-2-6-12-20)18-25-22-14-8-7-13-21(22)17-26(25)27;22-12-5-6-14(16(23)9-12)19-10-18(25-30-19)20(27)24-17-7-8-26(11-15(17)21(28)29)13-3-1-2-4-13/h1-14,18H,15-17,28H2;5-6,9-10,13,15,17H,1-4,7-8,11H2,(H,24,27)(H,28,29)/t;15-,17-/m.1/s1. The number of nitrogen functional groups attached to an aromatic ring is 1. The molecule has 10 heteroatoms. The van der Waals surface area contributed by atoms with E-state index in [1.165, 1.54) is 69.5 Å². The number of carboxylic acids is 1. The number of piperidine rings is 1. The minimum absolute atomic E-state index is 0.0107. The van der Waals surface area contributed by atoms with Crippen LogP contribution < -0.4 is 11.1 Å². The van der Waals surface area contributed by atoms with Gasteiger partial charge in [0.05, 0.1) is 11.5 Å². The number of aryl methyl sites for hydroxylation is 1. The molecule has 1 saturated heterocycles. The summed E-state index contributed by atoms with van der Waals surface area (Å²) in [7, 11) is 0. The summed E-state index contributed by atoms with van der Waals surface area (Å²) < 4.78 is 32.1. The van der Waals surface area contributed by atoms with Crippen LogP contribution >= 0.6 is 0 Å². The molecule has 1 aliphatic heterocycles. The molecular weight excluding hydrogens is 735 g/mol. The number of anilines is 1. The Morgan fingerprint density at radius 1 is 0.810 bits per heavy atom. The first-order valence-corrected chi connectivity index (χ1v) is 20.0. The zero-order valence-electron chi connectivity index (χ0n) is 32.2. The molecule has 0 bridgehead atoms. The van der Waals surface area contributed by atoms with E-state index in [0.29, 0.717) is 25.1 Å². The molecule has 2 aliphatic carbocycles. The number of fused-ring (bicyclic) bond motifs is 3. The van der Waals surface area contributed by atoms with Crippen molar-refractivity contribution in [3.05, 3.63) is 155 Å². The minimum Gasteiger partial charge on any atom is -0.481 e. The van der Waals surface area contributed by atoms with Crippen LogP contribution in [0.25, 0.3) is 33.6 Å². The lowest BCUT2D eigenvalue weighted by Gasteiger charge is -2.39. The molecule has 0 spiro atoms. The number of carbonyl (C=O) groups is 2. The molecular formula is C48H46F2N4O4. The highest BCUT2D eigenvalue weighted by Crippen LogP contribution is 2.45. The van der Waals surface area contributed by atoms with E-state index in [1.54, 1.807) is 0 Å². The number of nitrogens with one attached hydrogen (secondary N) is 1. The quantitative estimate of drug-likeness (QED) is 0.125. The van der Waals surface area contributed by atoms with Gasteiger partial charge in [0.25, 0.3) is 5.91 Å². The molecule has 6 aromatic rings. The molecule has 3 aliphatic rings. The van der Waals surface area contributed by atoms with Crippen molar-refractivity contribution in [2.75, 3.05) is 18.8 Å². The molecule has 2 heterocycles. The third-order valence-corrected chi connectivity index (χ3v) is 11.9. The summed E-state index contributed by atoms with van der Waals surface area (Å²) in [6.07, 6.45) is 7.92. The van der Waals surface area contributed by atoms with Crippen molar-refractivity contribution in [2.45, 2.75) is 63.5 Å². The Hall–Kier alpha value is -6.13. The van der Waals surface area contributed by atoms with Crippen LogP contribution in [0.1, 0.15) is 64.8 Å². The van der Waals surface area contributed by atoms with Crippen molar-refractivity contribution in [1.29, 1.82) is 0 Å². The number of aliphatic carboxylic acids is 1. The number of benzene rings is 5. The number of carbonyl (C=O) groups excluding carboxylic acids is 1. The van der Waals surface area contributed by atoms with Crippen molar-refractivity contribution in [1.82, 2.24) is 15.4 Å². The lowest BCUT2D eigenvalue weighted by Crippen LogP contribution is -2.55. The molecule has 58 heavy (non-hydrogen) atoms. The van der Waals surface area contributed by atoms with Crippen LogP contribution in [0.3, 0.4) is 0 Å². The molecule has 0 unspecified atom stereocenters. The SMILES string of the molecule is Nc1c(CCc2ccccc2)c(-c2ccccc2)cc2c1Cc1ccccc1-2.O=C(N[C@@H]1CCN(C2CCCC2)C[C@H]1C(=O)O)c1cc(-c2ccc(F)cc2F)on1. The summed E-state index contributed by atoms with van der Waals surface area (Å²) in [5.41, 5.74) is 18.1. The molecule has 8 nitrogen and oxygen atoms in total. The van der Waals surface area contributed by atoms with Gasteiger partial charge in [-0.1, -0.05) is 103 Å². The zero-order valence-corrected chi connectivity index (χ0v) is 32.2. The first kappa shape index (κ1) is 38.7. The maximum absolute atomic E-state index is 13.9. The highest BCUT2D eigenvalue weighted by Gasteiger charge is 2.38. The van der Waals surface area contributed by atoms with E-state index in [2.05, 4.69) is 106 Å². The van der Waals surface area contributed by atoms with Crippen LogP contribution in [0.2, 0.25) is 0 Å². The molecule has 1 aromatic heterocycles. The average Bonchev–Trinajstić information content (AvgIpc) is 4.03. The van der Waals surface area contributed by atoms with E-state index in [9.17, 15) is 23.5 Å². The Balaban J connectivity index is 0.000000162. The first-order chi connectivity index (χ1) is 28.2. The molecule has 0 radical (unpaired) electrons. The van der Waals surface area contributed by atoms with Crippen molar-refractivity contribution >= 4 is 17.6 Å². The number of nitrogens with zero attached hydrogens (tertiary/aromatic N) is 2. The Bertz CT molecular complexity index is 2410. The number of amides is 1. The molecule has 5 aromatic carbocycles. The summed E-state index contributed by atoms with van der Waals surface area (Å²) in [6.45, 7) is 1.13. The third-order valence-electron chi connectivity index (χ3n) is 11.9. The fraction of sp³-hybridized carbons (Fsp3) is 0.271. The number of rotatable bonds is 9. The van der Waals surface area contributed by atoms with Gasteiger partial charge < -0.3 is 20.7 Å². The second kappa shape index (κ2) is 17.2. The normalized spacial score (nSPS) is 17.6. The van der Waals surface area contributed by atoms with Crippen molar-refractivity contribution in [3.63, 3.8) is 0 Å². The Morgan fingerprint density at radius 2 is 1.53 bits per heavy atom. The number of aromatic nitrogens is 1. The Labute approximate surface area is 336 Å². The van der Waals surface area contributed by atoms with E-state index in [1.807, 2.05) is 0 Å². The van der Waals surface area contributed by atoms with Crippen molar-refractivity contribution in [2.24, 2.45) is 5.92 Å². The van der Waals surface area contributed by atoms with E-state index >= 15 is 0 Å². The van der Waals surface area contributed by atoms with E-state index in [0.717, 1.165) is 50.4 Å². The number of hydrogen-bond donors (Lipinski definition) is 3. The van der Waals surface area contributed by atoms with E-state index < -0.39 is 35.5 Å².